The van der Waals surface area contributed by atoms with Crippen LogP contribution in [0.3, 0.4) is 0 Å². The van der Waals surface area contributed by atoms with Gasteiger partial charge in [-0.25, -0.2) is 0 Å². The molecule has 3 nitrogen and oxygen atoms in total. The molecule has 1 N–H and O–H groups in total. The molecule has 0 aromatic carbocycles. The van der Waals surface area contributed by atoms with Gasteiger partial charge < -0.3 is 14.9 Å². The molecule has 0 aliphatic heterocycles. The second-order valence-electron chi connectivity index (χ2n) is 5.42. The lowest BCUT2D eigenvalue weighted by Gasteiger charge is -2.21. The highest BCUT2D eigenvalue weighted by Crippen LogP contribution is 2.25. The first-order valence-electron chi connectivity index (χ1n) is 7.67. The third kappa shape index (κ3) is 6.04. The summed E-state index contributed by atoms with van der Waals surface area (Å²) in [4.78, 5) is 21.7. The Morgan fingerprint density at radius 2 is 1.79 bits per heavy atom. The molecule has 0 saturated carbocycles. The van der Waals surface area contributed by atoms with E-state index in [1.165, 1.54) is 49.8 Å². The van der Waals surface area contributed by atoms with Crippen LogP contribution in [0, 0.1) is 5.92 Å². The molecule has 0 aromatic heterocycles. The Hall–Kier alpha value is -1.12. The van der Waals surface area contributed by atoms with Crippen molar-refractivity contribution in [3.63, 3.8) is 0 Å². The molecule has 0 aromatic rings. The van der Waals surface area contributed by atoms with Crippen molar-refractivity contribution in [2.24, 2.45) is 5.92 Å². The first kappa shape index (κ1) is 15.9. The van der Waals surface area contributed by atoms with Gasteiger partial charge in [-0.05, 0) is 38.5 Å². The van der Waals surface area contributed by atoms with Gasteiger partial charge in [0.25, 0.3) is 0 Å². The maximum atomic E-state index is 10.9. The molecule has 19 heavy (non-hydrogen) atoms. The monoisotopic (exact) mass is 265 g/mol. The fourth-order valence-electron chi connectivity index (χ4n) is 2.59. The Morgan fingerprint density at radius 3 is 2.42 bits per heavy atom. The van der Waals surface area contributed by atoms with E-state index in [4.69, 9.17) is 0 Å². The Morgan fingerprint density at radius 1 is 1.11 bits per heavy atom. The summed E-state index contributed by atoms with van der Waals surface area (Å²) in [5.41, 5.74) is 2.61. The molecule has 0 spiro atoms. The molecule has 108 valence electrons. The average molecular weight is 265 g/mol. The number of hydrogen-bond donors (Lipinski definition) is 1. The van der Waals surface area contributed by atoms with Crippen LogP contribution in [0.5, 0.6) is 0 Å². The van der Waals surface area contributed by atoms with Crippen LogP contribution in [0.2, 0.25) is 0 Å². The molecule has 0 amide bonds. The van der Waals surface area contributed by atoms with E-state index in [2.05, 4.69) is 12.2 Å². The molecular weight excluding hydrogens is 238 g/mol. The van der Waals surface area contributed by atoms with Crippen molar-refractivity contribution in [2.45, 2.75) is 64.7 Å². The molecule has 0 unspecified atom stereocenters. The van der Waals surface area contributed by atoms with Crippen LogP contribution in [-0.4, -0.2) is 19.1 Å². The van der Waals surface area contributed by atoms with E-state index in [1.807, 2.05) is 0 Å². The van der Waals surface area contributed by atoms with E-state index in [0.29, 0.717) is 6.42 Å². The lowest BCUT2D eigenvalue weighted by Crippen LogP contribution is -2.19. The minimum absolute atomic E-state index is 0.461. The van der Waals surface area contributed by atoms with Crippen molar-refractivity contribution >= 4 is 12.6 Å². The van der Waals surface area contributed by atoms with Crippen LogP contribution >= 0.6 is 0 Å². The van der Waals surface area contributed by atoms with Gasteiger partial charge in [-0.1, -0.05) is 31.8 Å². The standard InChI is InChI=1S/C16H27NO2/c1-2-3-10-17-16-9-7-5-4-6-8-15(16)11-14(12-18)13-19/h12-14,17H,2-11H2,1H3/b16-15-. The Balaban J connectivity index is 2.72. The SMILES string of the molecule is CCCCN/C1=C(\CC(C=O)C=O)CCCCCC1. The second kappa shape index (κ2) is 9.76. The van der Waals surface area contributed by atoms with E-state index in [9.17, 15) is 9.59 Å². The predicted molar refractivity (Wildman–Crippen MR) is 77.9 cm³/mol. The molecule has 3 heteroatoms. The largest absolute Gasteiger partial charge is 0.388 e. The van der Waals surface area contributed by atoms with Gasteiger partial charge in [0.15, 0.2) is 0 Å². The third-order valence-corrected chi connectivity index (χ3v) is 3.78. The quantitative estimate of drug-likeness (QED) is 0.416. The summed E-state index contributed by atoms with van der Waals surface area (Å²) in [6.45, 7) is 3.19. The molecule has 0 bridgehead atoms. The smallest absolute Gasteiger partial charge is 0.130 e. The minimum Gasteiger partial charge on any atom is -0.388 e. The molecule has 0 fully saturated rings. The maximum Gasteiger partial charge on any atom is 0.130 e. The van der Waals surface area contributed by atoms with E-state index >= 15 is 0 Å². The summed E-state index contributed by atoms with van der Waals surface area (Å²) in [6, 6.07) is 0. The summed E-state index contributed by atoms with van der Waals surface area (Å²) in [7, 11) is 0. The van der Waals surface area contributed by atoms with Crippen molar-refractivity contribution < 1.29 is 9.59 Å². The average Bonchev–Trinajstić information content (AvgIpc) is 2.41. The number of unbranched alkanes of at least 4 members (excludes halogenated alkanes) is 1. The van der Waals surface area contributed by atoms with E-state index in [1.54, 1.807) is 0 Å². The van der Waals surface area contributed by atoms with Gasteiger partial charge in [-0.3, -0.25) is 0 Å². The minimum atomic E-state index is -0.461. The summed E-state index contributed by atoms with van der Waals surface area (Å²) >= 11 is 0. The van der Waals surface area contributed by atoms with Crippen LogP contribution in [0.25, 0.3) is 0 Å². The molecule has 0 heterocycles. The Bertz CT molecular complexity index is 302. The number of carbonyl (C=O) groups is 2. The van der Waals surface area contributed by atoms with Crippen LogP contribution in [0.1, 0.15) is 64.7 Å². The molecule has 1 rings (SSSR count). The van der Waals surface area contributed by atoms with Gasteiger partial charge in [0.1, 0.15) is 12.6 Å². The van der Waals surface area contributed by atoms with Gasteiger partial charge in [0.2, 0.25) is 0 Å². The number of carbonyl (C=O) groups excluding carboxylic acids is 2. The van der Waals surface area contributed by atoms with Crippen LogP contribution in [-0.2, 0) is 9.59 Å². The number of hydrogen-bond acceptors (Lipinski definition) is 3. The van der Waals surface area contributed by atoms with Gasteiger partial charge in [-0.2, -0.15) is 0 Å². The zero-order valence-electron chi connectivity index (χ0n) is 12.1. The van der Waals surface area contributed by atoms with E-state index < -0.39 is 5.92 Å². The highest BCUT2D eigenvalue weighted by molar-refractivity contribution is 5.77. The van der Waals surface area contributed by atoms with E-state index in [-0.39, 0.29) is 0 Å². The summed E-state index contributed by atoms with van der Waals surface area (Å²) in [5.74, 6) is -0.461. The first-order valence-corrected chi connectivity index (χ1v) is 7.67. The van der Waals surface area contributed by atoms with Crippen molar-refractivity contribution in [3.05, 3.63) is 11.3 Å². The van der Waals surface area contributed by atoms with Crippen molar-refractivity contribution in [3.8, 4) is 0 Å². The summed E-state index contributed by atoms with van der Waals surface area (Å²) in [6.07, 6.45) is 11.6. The zero-order valence-corrected chi connectivity index (χ0v) is 12.1. The normalized spacial score (nSPS) is 20.7. The molecular formula is C16H27NO2. The summed E-state index contributed by atoms with van der Waals surface area (Å²) < 4.78 is 0. The lowest BCUT2D eigenvalue weighted by molar-refractivity contribution is -0.119. The highest BCUT2D eigenvalue weighted by Gasteiger charge is 2.15. The van der Waals surface area contributed by atoms with Gasteiger partial charge >= 0.3 is 0 Å². The van der Waals surface area contributed by atoms with Gasteiger partial charge in [-0.15, -0.1) is 0 Å². The maximum absolute atomic E-state index is 10.9. The summed E-state index contributed by atoms with van der Waals surface area (Å²) in [5, 5.41) is 3.54. The van der Waals surface area contributed by atoms with Crippen LogP contribution in [0.4, 0.5) is 0 Å². The number of aldehydes is 2. The van der Waals surface area contributed by atoms with E-state index in [0.717, 1.165) is 32.0 Å². The first-order chi connectivity index (χ1) is 9.31. The number of allylic oxidation sites excluding steroid dienone is 2. The van der Waals surface area contributed by atoms with Crippen molar-refractivity contribution in [2.75, 3.05) is 6.54 Å². The molecule has 1 aliphatic carbocycles. The Labute approximate surface area is 116 Å². The van der Waals surface area contributed by atoms with Crippen LogP contribution < -0.4 is 5.32 Å². The number of rotatable bonds is 8. The molecule has 0 radical (unpaired) electrons. The van der Waals surface area contributed by atoms with Crippen molar-refractivity contribution in [1.82, 2.24) is 5.32 Å². The number of nitrogens with one attached hydrogen (secondary N) is 1. The fourth-order valence-corrected chi connectivity index (χ4v) is 2.59. The molecule has 0 saturated heterocycles. The topological polar surface area (TPSA) is 46.2 Å². The molecule has 0 atom stereocenters. The second-order valence-corrected chi connectivity index (χ2v) is 5.42. The predicted octanol–water partition coefficient (Wildman–Crippen LogP) is 3.39. The third-order valence-electron chi connectivity index (χ3n) is 3.78. The Kier molecular flexibility index (Phi) is 8.19. The highest BCUT2D eigenvalue weighted by atomic mass is 16.1. The lowest BCUT2D eigenvalue weighted by atomic mass is 9.91. The molecule has 1 aliphatic rings. The van der Waals surface area contributed by atoms with Gasteiger partial charge in [0, 0.05) is 12.2 Å². The van der Waals surface area contributed by atoms with Crippen LogP contribution in [0.15, 0.2) is 11.3 Å². The fraction of sp³-hybridized carbons (Fsp3) is 0.750. The zero-order chi connectivity index (χ0) is 13.9. The van der Waals surface area contributed by atoms with Crippen molar-refractivity contribution in [1.29, 1.82) is 0 Å². The van der Waals surface area contributed by atoms with Gasteiger partial charge in [0.05, 0.1) is 5.92 Å².